The van der Waals surface area contributed by atoms with Gasteiger partial charge in [0.05, 0.1) is 0 Å². The van der Waals surface area contributed by atoms with E-state index in [1.165, 1.54) is 6.42 Å². The molecule has 0 aromatic heterocycles. The third-order valence-corrected chi connectivity index (χ3v) is 3.75. The lowest BCUT2D eigenvalue weighted by Crippen LogP contribution is -2.55. The first kappa shape index (κ1) is 8.26. The number of carbonyl (C=O) groups is 2. The molecule has 4 heteroatoms. The Morgan fingerprint density at radius 3 is 2.57 bits per heavy atom. The molecule has 1 heterocycles. The lowest BCUT2D eigenvalue weighted by atomic mass is 10.1. The Balaban J connectivity index is 1.71. The molecule has 0 bridgehead atoms. The summed E-state index contributed by atoms with van der Waals surface area (Å²) in [4.78, 5) is 24.5. The maximum atomic E-state index is 11.5. The van der Waals surface area contributed by atoms with Crippen LogP contribution in [0.2, 0.25) is 0 Å². The Kier molecular flexibility index (Phi) is 1.60. The molecule has 0 radical (unpaired) electrons. The molecule has 1 aliphatic heterocycles. The summed E-state index contributed by atoms with van der Waals surface area (Å²) in [7, 11) is 0. The zero-order valence-electron chi connectivity index (χ0n) is 8.03. The molecular weight excluding hydrogens is 180 g/mol. The van der Waals surface area contributed by atoms with Gasteiger partial charge in [-0.1, -0.05) is 0 Å². The van der Waals surface area contributed by atoms with Crippen LogP contribution in [0.4, 0.5) is 0 Å². The van der Waals surface area contributed by atoms with Gasteiger partial charge in [-0.05, 0) is 31.1 Å². The first-order chi connectivity index (χ1) is 6.75. The highest BCUT2D eigenvalue weighted by atomic mass is 16.2. The van der Waals surface area contributed by atoms with Gasteiger partial charge in [-0.25, -0.2) is 0 Å². The van der Waals surface area contributed by atoms with Gasteiger partial charge >= 0.3 is 11.8 Å². The second-order valence-corrected chi connectivity index (χ2v) is 4.64. The molecular formula is C10H14N2O2. The SMILES string of the molecule is O=C1NCCN(C2CC3CC3C2)C1=O. The number of hydrogen-bond donors (Lipinski definition) is 1. The minimum Gasteiger partial charge on any atom is -0.346 e. The van der Waals surface area contributed by atoms with Crippen molar-refractivity contribution in [1.29, 1.82) is 0 Å². The third kappa shape index (κ3) is 1.13. The van der Waals surface area contributed by atoms with E-state index in [1.54, 1.807) is 4.90 Å². The van der Waals surface area contributed by atoms with Gasteiger partial charge in [0.1, 0.15) is 0 Å². The second-order valence-electron chi connectivity index (χ2n) is 4.64. The van der Waals surface area contributed by atoms with Crippen molar-refractivity contribution >= 4 is 11.8 Å². The van der Waals surface area contributed by atoms with Crippen molar-refractivity contribution in [2.24, 2.45) is 11.8 Å². The summed E-state index contributed by atoms with van der Waals surface area (Å²) >= 11 is 0. The summed E-state index contributed by atoms with van der Waals surface area (Å²) in [6, 6.07) is 0.359. The summed E-state index contributed by atoms with van der Waals surface area (Å²) in [5.41, 5.74) is 0. The summed E-state index contributed by atoms with van der Waals surface area (Å²) in [6.07, 6.45) is 3.61. The van der Waals surface area contributed by atoms with Crippen LogP contribution in [0.25, 0.3) is 0 Å². The fourth-order valence-corrected chi connectivity index (χ4v) is 2.88. The quantitative estimate of drug-likeness (QED) is 0.585. The average molecular weight is 194 g/mol. The molecule has 1 N–H and O–H groups in total. The molecule has 2 amide bonds. The van der Waals surface area contributed by atoms with Gasteiger partial charge < -0.3 is 10.2 Å². The summed E-state index contributed by atoms with van der Waals surface area (Å²) in [5, 5.41) is 2.58. The van der Waals surface area contributed by atoms with Crippen molar-refractivity contribution in [2.75, 3.05) is 13.1 Å². The van der Waals surface area contributed by atoms with Gasteiger partial charge in [-0.2, -0.15) is 0 Å². The van der Waals surface area contributed by atoms with Crippen LogP contribution in [-0.2, 0) is 9.59 Å². The number of fused-ring (bicyclic) bond motifs is 1. The van der Waals surface area contributed by atoms with Crippen LogP contribution < -0.4 is 5.32 Å². The van der Waals surface area contributed by atoms with Crippen LogP contribution in [0.1, 0.15) is 19.3 Å². The van der Waals surface area contributed by atoms with Gasteiger partial charge in [0, 0.05) is 19.1 Å². The van der Waals surface area contributed by atoms with Crippen LogP contribution in [-0.4, -0.2) is 35.8 Å². The number of amides is 2. The lowest BCUT2D eigenvalue weighted by Gasteiger charge is -2.32. The van der Waals surface area contributed by atoms with Crippen molar-refractivity contribution in [2.45, 2.75) is 25.3 Å². The minimum atomic E-state index is -0.420. The molecule has 3 aliphatic rings. The predicted molar refractivity (Wildman–Crippen MR) is 49.3 cm³/mol. The summed E-state index contributed by atoms with van der Waals surface area (Å²) < 4.78 is 0. The Hall–Kier alpha value is -1.06. The van der Waals surface area contributed by atoms with E-state index in [4.69, 9.17) is 0 Å². The van der Waals surface area contributed by atoms with Gasteiger partial charge in [-0.15, -0.1) is 0 Å². The molecule has 1 saturated heterocycles. The monoisotopic (exact) mass is 194 g/mol. The molecule has 4 nitrogen and oxygen atoms in total. The van der Waals surface area contributed by atoms with Gasteiger partial charge in [0.2, 0.25) is 0 Å². The van der Waals surface area contributed by atoms with Crippen molar-refractivity contribution < 1.29 is 9.59 Å². The van der Waals surface area contributed by atoms with Crippen LogP contribution in [0.15, 0.2) is 0 Å². The fourth-order valence-electron chi connectivity index (χ4n) is 2.88. The van der Waals surface area contributed by atoms with E-state index in [2.05, 4.69) is 5.32 Å². The van der Waals surface area contributed by atoms with E-state index in [0.29, 0.717) is 19.1 Å². The molecule has 2 unspecified atom stereocenters. The van der Waals surface area contributed by atoms with Crippen LogP contribution >= 0.6 is 0 Å². The number of hydrogen-bond acceptors (Lipinski definition) is 2. The van der Waals surface area contributed by atoms with Crippen molar-refractivity contribution in [1.82, 2.24) is 10.2 Å². The molecule has 76 valence electrons. The van der Waals surface area contributed by atoms with Gasteiger partial charge in [0.15, 0.2) is 0 Å². The highest BCUT2D eigenvalue weighted by molar-refractivity contribution is 6.35. The highest BCUT2D eigenvalue weighted by Gasteiger charge is 2.49. The van der Waals surface area contributed by atoms with Gasteiger partial charge in [-0.3, -0.25) is 9.59 Å². The van der Waals surface area contributed by atoms with Crippen LogP contribution in [0.3, 0.4) is 0 Å². The van der Waals surface area contributed by atoms with Crippen LogP contribution in [0.5, 0.6) is 0 Å². The Bertz CT molecular complexity index is 292. The van der Waals surface area contributed by atoms with Crippen molar-refractivity contribution in [3.63, 3.8) is 0 Å². The van der Waals surface area contributed by atoms with E-state index < -0.39 is 5.91 Å². The highest BCUT2D eigenvalue weighted by Crippen LogP contribution is 2.53. The summed E-state index contributed by atoms with van der Waals surface area (Å²) in [6.45, 7) is 1.32. The average Bonchev–Trinajstić information content (AvgIpc) is 2.78. The molecule has 2 atom stereocenters. The maximum absolute atomic E-state index is 11.5. The van der Waals surface area contributed by atoms with Crippen LogP contribution in [0, 0.1) is 11.8 Å². The summed E-state index contributed by atoms with van der Waals surface area (Å²) in [5.74, 6) is 0.981. The number of carbonyl (C=O) groups excluding carboxylic acids is 2. The largest absolute Gasteiger partial charge is 0.346 e. The molecule has 0 aromatic rings. The van der Waals surface area contributed by atoms with E-state index in [9.17, 15) is 9.59 Å². The lowest BCUT2D eigenvalue weighted by molar-refractivity contribution is -0.149. The number of nitrogens with one attached hydrogen (secondary N) is 1. The van der Waals surface area contributed by atoms with E-state index in [0.717, 1.165) is 24.7 Å². The second kappa shape index (κ2) is 2.72. The fraction of sp³-hybridized carbons (Fsp3) is 0.800. The topological polar surface area (TPSA) is 49.4 Å². The maximum Gasteiger partial charge on any atom is 0.312 e. The Labute approximate surface area is 82.6 Å². The molecule has 3 rings (SSSR count). The number of nitrogens with zero attached hydrogens (tertiary/aromatic N) is 1. The first-order valence-corrected chi connectivity index (χ1v) is 5.34. The molecule has 14 heavy (non-hydrogen) atoms. The Morgan fingerprint density at radius 2 is 1.86 bits per heavy atom. The zero-order valence-corrected chi connectivity index (χ0v) is 8.03. The molecule has 0 spiro atoms. The molecule has 2 saturated carbocycles. The van der Waals surface area contributed by atoms with E-state index >= 15 is 0 Å². The Morgan fingerprint density at radius 1 is 1.14 bits per heavy atom. The smallest absolute Gasteiger partial charge is 0.312 e. The molecule has 0 aromatic carbocycles. The molecule has 2 aliphatic carbocycles. The normalized spacial score (nSPS) is 40.9. The first-order valence-electron chi connectivity index (χ1n) is 5.34. The predicted octanol–water partition coefficient (Wildman–Crippen LogP) is -0.257. The van der Waals surface area contributed by atoms with Crippen molar-refractivity contribution in [3.05, 3.63) is 0 Å². The van der Waals surface area contributed by atoms with E-state index in [-0.39, 0.29) is 5.91 Å². The van der Waals surface area contributed by atoms with Gasteiger partial charge in [0.25, 0.3) is 0 Å². The standard InChI is InChI=1S/C10H14N2O2/c13-9-10(14)12(2-1-11-9)8-4-6-3-7(6)5-8/h6-8H,1-5H2,(H,11,13). The van der Waals surface area contributed by atoms with Crippen molar-refractivity contribution in [3.8, 4) is 0 Å². The zero-order chi connectivity index (χ0) is 9.71. The van der Waals surface area contributed by atoms with E-state index in [1.807, 2.05) is 0 Å². The number of rotatable bonds is 1. The number of piperazine rings is 1. The minimum absolute atomic E-state index is 0.317. The third-order valence-electron chi connectivity index (χ3n) is 3.75. The molecule has 3 fully saturated rings.